The highest BCUT2D eigenvalue weighted by Crippen LogP contribution is 2.34. The average Bonchev–Trinajstić information content (AvgIpc) is 2.70. The van der Waals surface area contributed by atoms with Gasteiger partial charge in [0.1, 0.15) is 6.07 Å². The molecule has 0 aliphatic rings. The summed E-state index contributed by atoms with van der Waals surface area (Å²) in [5, 5.41) is 9.84. The van der Waals surface area contributed by atoms with E-state index in [4.69, 9.17) is 28.5 Å². The molecule has 1 heterocycles. The second kappa shape index (κ2) is 5.07. The number of hydrogen-bond donors (Lipinski definition) is 1. The van der Waals surface area contributed by atoms with Crippen molar-refractivity contribution in [1.82, 2.24) is 4.98 Å². The number of benzene rings is 1. The van der Waals surface area contributed by atoms with Crippen LogP contribution in [0.1, 0.15) is 13.0 Å². The van der Waals surface area contributed by atoms with Crippen LogP contribution in [0.4, 0.5) is 0 Å². The Kier molecular flexibility index (Phi) is 4.00. The molecule has 1 aromatic heterocycles. The van der Waals surface area contributed by atoms with Gasteiger partial charge >= 0.3 is 0 Å². The molecule has 2 aromatic rings. The van der Waals surface area contributed by atoms with Gasteiger partial charge in [0.25, 0.3) is 0 Å². The summed E-state index contributed by atoms with van der Waals surface area (Å²) in [6.45, 7) is 0. The molecule has 0 aliphatic heterocycles. The highest BCUT2D eigenvalue weighted by atomic mass is 35.5. The van der Waals surface area contributed by atoms with E-state index in [1.54, 1.807) is 24.5 Å². The molecule has 0 spiro atoms. The van der Waals surface area contributed by atoms with Crippen LogP contribution >= 0.6 is 23.2 Å². The molecule has 0 atom stereocenters. The maximum atomic E-state index is 8.88. The normalized spacial score (nSPS) is 9.31. The summed E-state index contributed by atoms with van der Waals surface area (Å²) in [6, 6.07) is 7.44. The van der Waals surface area contributed by atoms with E-state index in [0.717, 1.165) is 11.1 Å². The van der Waals surface area contributed by atoms with Gasteiger partial charge in [0, 0.05) is 23.5 Å². The van der Waals surface area contributed by atoms with E-state index in [2.05, 4.69) is 11.1 Å². The van der Waals surface area contributed by atoms with Crippen molar-refractivity contribution in [3.63, 3.8) is 0 Å². The summed E-state index contributed by atoms with van der Waals surface area (Å²) < 4.78 is 0. The van der Waals surface area contributed by atoms with Crippen LogP contribution in [0.15, 0.2) is 30.6 Å². The predicted octanol–water partition coefficient (Wildman–Crippen LogP) is 4.50. The second-order valence-electron chi connectivity index (χ2n) is 3.00. The van der Waals surface area contributed by atoms with E-state index in [1.165, 1.54) is 0 Å². The Morgan fingerprint density at radius 3 is 2.56 bits per heavy atom. The lowest BCUT2D eigenvalue weighted by Gasteiger charge is -2.03. The summed E-state index contributed by atoms with van der Waals surface area (Å²) >= 11 is 12.0. The first kappa shape index (κ1) is 12.6. The zero-order valence-corrected chi connectivity index (χ0v) is 9.10. The monoisotopic (exact) mass is 252 g/mol. The fourth-order valence-corrected chi connectivity index (χ4v) is 1.79. The van der Waals surface area contributed by atoms with Crippen molar-refractivity contribution in [2.24, 2.45) is 0 Å². The van der Waals surface area contributed by atoms with Crippen LogP contribution in [0.2, 0.25) is 10.0 Å². The Bertz CT molecular complexity index is 538. The van der Waals surface area contributed by atoms with Gasteiger partial charge in [-0.1, -0.05) is 42.8 Å². The van der Waals surface area contributed by atoms with Crippen LogP contribution < -0.4 is 0 Å². The summed E-state index contributed by atoms with van der Waals surface area (Å²) in [5.74, 6) is 0. The molecule has 1 aromatic carbocycles. The molecule has 0 radical (unpaired) electrons. The van der Waals surface area contributed by atoms with E-state index >= 15 is 0 Å². The fourth-order valence-electron chi connectivity index (χ4n) is 1.39. The summed E-state index contributed by atoms with van der Waals surface area (Å²) in [5.41, 5.74) is 2.09. The van der Waals surface area contributed by atoms with E-state index in [1.807, 2.05) is 6.07 Å². The molecule has 16 heavy (non-hydrogen) atoms. The third-order valence-corrected chi connectivity index (χ3v) is 2.93. The lowest BCUT2D eigenvalue weighted by atomic mass is 10.1. The van der Waals surface area contributed by atoms with Crippen molar-refractivity contribution in [1.29, 1.82) is 5.26 Å². The van der Waals surface area contributed by atoms with Gasteiger partial charge in [0.05, 0.1) is 15.6 Å². The molecule has 2 rings (SSSR count). The Balaban J connectivity index is 0.00000128. The number of aromatic amines is 1. The molecule has 4 heteroatoms. The highest BCUT2D eigenvalue weighted by molar-refractivity contribution is 6.43. The molecule has 1 N–H and O–H groups in total. The zero-order chi connectivity index (χ0) is 10.8. The number of halogens is 2. The smallest absolute Gasteiger partial charge is 0.101 e. The molecule has 0 saturated heterocycles. The first-order valence-corrected chi connectivity index (χ1v) is 5.01. The van der Waals surface area contributed by atoms with E-state index in [9.17, 15) is 0 Å². The second-order valence-corrected chi connectivity index (χ2v) is 3.78. The van der Waals surface area contributed by atoms with Gasteiger partial charge in [-0.3, -0.25) is 0 Å². The van der Waals surface area contributed by atoms with Crippen LogP contribution in [0, 0.1) is 11.3 Å². The maximum Gasteiger partial charge on any atom is 0.101 e. The number of nitriles is 1. The Labute approximate surface area is 104 Å². The van der Waals surface area contributed by atoms with Gasteiger partial charge in [-0.15, -0.1) is 0 Å². The largest absolute Gasteiger partial charge is 0.366 e. The van der Waals surface area contributed by atoms with Crippen LogP contribution in [-0.4, -0.2) is 4.98 Å². The molecule has 0 unspecified atom stereocenters. The summed E-state index contributed by atoms with van der Waals surface area (Å²) in [7, 11) is 0. The molecule has 0 fully saturated rings. The predicted molar refractivity (Wildman–Crippen MR) is 67.7 cm³/mol. The van der Waals surface area contributed by atoms with Gasteiger partial charge < -0.3 is 4.98 Å². The zero-order valence-electron chi connectivity index (χ0n) is 7.59. The lowest BCUT2D eigenvalue weighted by Crippen LogP contribution is -1.80. The molecule has 0 bridgehead atoms. The molecule has 0 saturated carbocycles. The minimum atomic E-state index is 0. The number of nitrogens with zero attached hydrogens (tertiary/aromatic N) is 1. The SMILES string of the molecule is C.N#Cc1c[nH]cc1-c1cccc(Cl)c1Cl. The third kappa shape index (κ3) is 2.06. The Morgan fingerprint density at radius 2 is 1.88 bits per heavy atom. The Morgan fingerprint density at radius 1 is 1.12 bits per heavy atom. The minimum Gasteiger partial charge on any atom is -0.366 e. The van der Waals surface area contributed by atoms with Crippen molar-refractivity contribution in [3.8, 4) is 17.2 Å². The van der Waals surface area contributed by atoms with Crippen molar-refractivity contribution in [2.75, 3.05) is 0 Å². The van der Waals surface area contributed by atoms with Crippen LogP contribution in [0.3, 0.4) is 0 Å². The summed E-state index contributed by atoms with van der Waals surface area (Å²) in [6.07, 6.45) is 3.36. The molecule has 2 nitrogen and oxygen atoms in total. The quantitative estimate of drug-likeness (QED) is 0.798. The van der Waals surface area contributed by atoms with Crippen LogP contribution in [0.25, 0.3) is 11.1 Å². The van der Waals surface area contributed by atoms with Crippen LogP contribution in [0.5, 0.6) is 0 Å². The standard InChI is InChI=1S/C11H6Cl2N2.CH4/c12-10-3-1-2-8(11(10)13)9-6-15-5-7(9)4-14;/h1-3,5-6,15H;1H4. The first-order valence-electron chi connectivity index (χ1n) is 4.25. The summed E-state index contributed by atoms with van der Waals surface area (Å²) in [4.78, 5) is 2.87. The maximum absolute atomic E-state index is 8.88. The minimum absolute atomic E-state index is 0. The fraction of sp³-hybridized carbons (Fsp3) is 0.0833. The van der Waals surface area contributed by atoms with Crippen LogP contribution in [-0.2, 0) is 0 Å². The number of aromatic nitrogens is 1. The lowest BCUT2D eigenvalue weighted by molar-refractivity contribution is 1.40. The van der Waals surface area contributed by atoms with Gasteiger partial charge in [-0.25, -0.2) is 0 Å². The van der Waals surface area contributed by atoms with Gasteiger partial charge in [-0.05, 0) is 6.07 Å². The van der Waals surface area contributed by atoms with Crippen molar-refractivity contribution >= 4 is 23.2 Å². The molecule has 82 valence electrons. The van der Waals surface area contributed by atoms with E-state index in [-0.39, 0.29) is 7.43 Å². The van der Waals surface area contributed by atoms with Crippen molar-refractivity contribution in [2.45, 2.75) is 7.43 Å². The highest BCUT2D eigenvalue weighted by Gasteiger charge is 2.11. The third-order valence-electron chi connectivity index (χ3n) is 2.11. The average molecular weight is 253 g/mol. The molecule has 0 aliphatic carbocycles. The topological polar surface area (TPSA) is 39.6 Å². The van der Waals surface area contributed by atoms with Gasteiger partial charge in [0.15, 0.2) is 0 Å². The Hall–Kier alpha value is -1.43. The number of nitrogens with one attached hydrogen (secondary N) is 1. The first-order chi connectivity index (χ1) is 7.24. The van der Waals surface area contributed by atoms with E-state index < -0.39 is 0 Å². The number of hydrogen-bond acceptors (Lipinski definition) is 1. The van der Waals surface area contributed by atoms with Gasteiger partial charge in [0.2, 0.25) is 0 Å². The van der Waals surface area contributed by atoms with Gasteiger partial charge in [-0.2, -0.15) is 5.26 Å². The number of rotatable bonds is 1. The van der Waals surface area contributed by atoms with E-state index in [0.29, 0.717) is 15.6 Å². The molecular formula is C12H10Cl2N2. The van der Waals surface area contributed by atoms with Crippen molar-refractivity contribution < 1.29 is 0 Å². The molecule has 0 amide bonds. The number of H-pyrrole nitrogens is 1. The molecular weight excluding hydrogens is 243 g/mol. The van der Waals surface area contributed by atoms with Crippen molar-refractivity contribution in [3.05, 3.63) is 46.2 Å².